The molecule has 0 spiro atoms. The molecule has 16 heavy (non-hydrogen) atoms. The number of hydrogen-bond acceptors (Lipinski definition) is 1. The first-order valence-electron chi connectivity index (χ1n) is 6.24. The van der Waals surface area contributed by atoms with Crippen LogP contribution in [0.2, 0.25) is 5.02 Å². The summed E-state index contributed by atoms with van der Waals surface area (Å²) in [5, 5.41) is 3.90. The van der Waals surface area contributed by atoms with Gasteiger partial charge in [-0.1, -0.05) is 50.3 Å². The lowest BCUT2D eigenvalue weighted by Gasteiger charge is -2.06. The van der Waals surface area contributed by atoms with Crippen molar-refractivity contribution < 1.29 is 0 Å². The molecule has 0 bridgehead atoms. The van der Waals surface area contributed by atoms with Crippen LogP contribution in [-0.2, 0) is 6.42 Å². The van der Waals surface area contributed by atoms with Gasteiger partial charge in [0.1, 0.15) is 0 Å². The number of rotatable bonds is 7. The smallest absolute Gasteiger partial charge is 0.0640 e. The molecule has 2 heteroatoms. The molecule has 0 aliphatic heterocycles. The maximum absolute atomic E-state index is 6.13. The van der Waals surface area contributed by atoms with Crippen molar-refractivity contribution in [1.82, 2.24) is 0 Å². The predicted molar refractivity (Wildman–Crippen MR) is 73.5 cm³/mol. The fraction of sp³-hybridized carbons (Fsp3) is 0.571. The van der Waals surface area contributed by atoms with Gasteiger partial charge in [0, 0.05) is 7.05 Å². The molecule has 0 radical (unpaired) electrons. The summed E-state index contributed by atoms with van der Waals surface area (Å²) in [5.41, 5.74) is 2.36. The molecule has 0 saturated carbocycles. The topological polar surface area (TPSA) is 12.0 Å². The maximum Gasteiger partial charge on any atom is 0.0640 e. The molecule has 0 unspecified atom stereocenters. The lowest BCUT2D eigenvalue weighted by Crippen LogP contribution is -1.91. The summed E-state index contributed by atoms with van der Waals surface area (Å²) in [6.07, 6.45) is 7.78. The number of unbranched alkanes of at least 4 members (excludes halogenated alkanes) is 4. The first-order chi connectivity index (χ1) is 7.77. The number of benzene rings is 1. The fourth-order valence-corrected chi connectivity index (χ4v) is 2.15. The highest BCUT2D eigenvalue weighted by Gasteiger charge is 2.00. The van der Waals surface area contributed by atoms with Gasteiger partial charge in [0.05, 0.1) is 10.7 Å². The van der Waals surface area contributed by atoms with Crippen molar-refractivity contribution >= 4 is 17.3 Å². The van der Waals surface area contributed by atoms with E-state index >= 15 is 0 Å². The molecule has 0 saturated heterocycles. The van der Waals surface area contributed by atoms with E-state index in [9.17, 15) is 0 Å². The monoisotopic (exact) mass is 239 g/mol. The molecule has 0 aliphatic carbocycles. The molecular weight excluding hydrogens is 218 g/mol. The number of aryl methyl sites for hydroxylation is 1. The summed E-state index contributed by atoms with van der Waals surface area (Å²) in [6.45, 7) is 2.25. The molecule has 0 amide bonds. The van der Waals surface area contributed by atoms with Crippen molar-refractivity contribution in [1.29, 1.82) is 0 Å². The van der Waals surface area contributed by atoms with Crippen LogP contribution in [-0.4, -0.2) is 7.05 Å². The predicted octanol–water partition coefficient (Wildman–Crippen LogP) is 4.89. The Morgan fingerprint density at radius 1 is 1.12 bits per heavy atom. The van der Waals surface area contributed by atoms with E-state index in [1.165, 1.54) is 37.7 Å². The van der Waals surface area contributed by atoms with E-state index in [1.54, 1.807) is 0 Å². The van der Waals surface area contributed by atoms with Crippen LogP contribution < -0.4 is 5.32 Å². The average Bonchev–Trinajstić information content (AvgIpc) is 2.29. The Balaban J connectivity index is 2.34. The molecule has 90 valence electrons. The summed E-state index contributed by atoms with van der Waals surface area (Å²) >= 11 is 6.13. The second-order valence-electron chi connectivity index (χ2n) is 4.23. The van der Waals surface area contributed by atoms with Crippen LogP contribution >= 0.6 is 11.6 Å². The van der Waals surface area contributed by atoms with E-state index < -0.39 is 0 Å². The summed E-state index contributed by atoms with van der Waals surface area (Å²) in [7, 11) is 1.89. The van der Waals surface area contributed by atoms with Crippen LogP contribution in [0.4, 0.5) is 5.69 Å². The molecule has 0 aromatic heterocycles. The Bertz CT molecular complexity index is 310. The van der Waals surface area contributed by atoms with Crippen molar-refractivity contribution in [3.8, 4) is 0 Å². The Kier molecular flexibility index (Phi) is 6.32. The third-order valence-electron chi connectivity index (χ3n) is 2.87. The van der Waals surface area contributed by atoms with Crippen LogP contribution in [0.5, 0.6) is 0 Å². The summed E-state index contributed by atoms with van der Waals surface area (Å²) in [4.78, 5) is 0. The zero-order valence-corrected chi connectivity index (χ0v) is 11.1. The second kappa shape index (κ2) is 7.56. The molecule has 1 N–H and O–H groups in total. The number of hydrogen-bond donors (Lipinski definition) is 1. The third kappa shape index (κ3) is 4.44. The minimum absolute atomic E-state index is 0.827. The van der Waals surface area contributed by atoms with E-state index in [2.05, 4.69) is 30.4 Å². The zero-order valence-electron chi connectivity index (χ0n) is 10.4. The lowest BCUT2D eigenvalue weighted by molar-refractivity contribution is 0.632. The van der Waals surface area contributed by atoms with Gasteiger partial charge >= 0.3 is 0 Å². The molecule has 1 aromatic rings. The highest BCUT2D eigenvalue weighted by molar-refractivity contribution is 6.33. The molecule has 1 rings (SSSR count). The largest absolute Gasteiger partial charge is 0.387 e. The zero-order chi connectivity index (χ0) is 11.8. The Morgan fingerprint density at radius 3 is 2.50 bits per heavy atom. The highest BCUT2D eigenvalue weighted by Crippen LogP contribution is 2.23. The van der Waals surface area contributed by atoms with Crippen LogP contribution in [0.15, 0.2) is 18.2 Å². The molecule has 1 nitrogen and oxygen atoms in total. The fourth-order valence-electron chi connectivity index (χ4n) is 1.85. The molecule has 0 atom stereocenters. The maximum atomic E-state index is 6.13. The van der Waals surface area contributed by atoms with E-state index in [0.29, 0.717) is 0 Å². The SMILES string of the molecule is CCCCCCCc1ccc(NC)c(Cl)c1. The minimum atomic E-state index is 0.827. The molecule has 0 aliphatic rings. The average molecular weight is 240 g/mol. The van der Waals surface area contributed by atoms with Crippen molar-refractivity contribution in [2.24, 2.45) is 0 Å². The van der Waals surface area contributed by atoms with Gasteiger partial charge in [-0.25, -0.2) is 0 Å². The normalized spacial score (nSPS) is 10.4. The first-order valence-corrected chi connectivity index (χ1v) is 6.62. The molecule has 1 aromatic carbocycles. The van der Waals surface area contributed by atoms with Crippen molar-refractivity contribution in [3.63, 3.8) is 0 Å². The lowest BCUT2D eigenvalue weighted by atomic mass is 10.1. The van der Waals surface area contributed by atoms with Gasteiger partial charge in [-0.3, -0.25) is 0 Å². The summed E-state index contributed by atoms with van der Waals surface area (Å²) in [5.74, 6) is 0. The second-order valence-corrected chi connectivity index (χ2v) is 4.64. The van der Waals surface area contributed by atoms with Crippen molar-refractivity contribution in [2.45, 2.75) is 45.4 Å². The van der Waals surface area contributed by atoms with Crippen molar-refractivity contribution in [3.05, 3.63) is 28.8 Å². The van der Waals surface area contributed by atoms with Gasteiger partial charge in [0.15, 0.2) is 0 Å². The number of halogens is 1. The highest BCUT2D eigenvalue weighted by atomic mass is 35.5. The Hall–Kier alpha value is -0.690. The quantitative estimate of drug-likeness (QED) is 0.668. The minimum Gasteiger partial charge on any atom is -0.387 e. The number of nitrogens with one attached hydrogen (secondary N) is 1. The number of anilines is 1. The first kappa shape index (κ1) is 13.4. The molecule has 0 heterocycles. The summed E-state index contributed by atoms with van der Waals surface area (Å²) in [6, 6.07) is 6.30. The van der Waals surface area contributed by atoms with E-state index in [1.807, 2.05) is 7.05 Å². The summed E-state index contributed by atoms with van der Waals surface area (Å²) < 4.78 is 0. The Labute approximate surface area is 104 Å². The molecular formula is C14H22ClN. The third-order valence-corrected chi connectivity index (χ3v) is 3.18. The van der Waals surface area contributed by atoms with Gasteiger partial charge < -0.3 is 5.32 Å². The van der Waals surface area contributed by atoms with Crippen LogP contribution in [0.1, 0.15) is 44.6 Å². The standard InChI is InChI=1S/C14H22ClN/c1-3-4-5-6-7-8-12-9-10-14(16-2)13(15)11-12/h9-11,16H,3-8H2,1-2H3. The van der Waals surface area contributed by atoms with Gasteiger partial charge in [0.25, 0.3) is 0 Å². The Morgan fingerprint density at radius 2 is 1.88 bits per heavy atom. The van der Waals surface area contributed by atoms with Crippen LogP contribution in [0.3, 0.4) is 0 Å². The van der Waals surface area contributed by atoms with E-state index in [4.69, 9.17) is 11.6 Å². The van der Waals surface area contributed by atoms with Gasteiger partial charge in [0.2, 0.25) is 0 Å². The van der Waals surface area contributed by atoms with Gasteiger partial charge in [-0.2, -0.15) is 0 Å². The van der Waals surface area contributed by atoms with E-state index in [-0.39, 0.29) is 0 Å². The van der Waals surface area contributed by atoms with Crippen LogP contribution in [0, 0.1) is 0 Å². The van der Waals surface area contributed by atoms with E-state index in [0.717, 1.165) is 17.1 Å². The van der Waals surface area contributed by atoms with Crippen molar-refractivity contribution in [2.75, 3.05) is 12.4 Å². The van der Waals surface area contributed by atoms with Gasteiger partial charge in [-0.05, 0) is 30.5 Å². The molecule has 0 fully saturated rings. The van der Waals surface area contributed by atoms with Gasteiger partial charge in [-0.15, -0.1) is 0 Å². The van der Waals surface area contributed by atoms with Crippen LogP contribution in [0.25, 0.3) is 0 Å².